The maximum absolute atomic E-state index is 2.47. The third kappa shape index (κ3) is 5.86. The van der Waals surface area contributed by atoms with Crippen LogP contribution in [0.5, 0.6) is 0 Å². The second-order valence-electron chi connectivity index (χ2n) is 18.4. The van der Waals surface area contributed by atoms with Crippen molar-refractivity contribution < 1.29 is 0 Å². The molecule has 13 aromatic rings. The minimum Gasteiger partial charge on any atom is -0.310 e. The van der Waals surface area contributed by atoms with Crippen LogP contribution in [0.15, 0.2) is 267 Å². The van der Waals surface area contributed by atoms with E-state index in [1.807, 2.05) is 0 Å². The van der Waals surface area contributed by atoms with E-state index in [0.717, 1.165) is 22.7 Å². The first-order chi connectivity index (χ1) is 34.3. The lowest BCUT2D eigenvalue weighted by atomic mass is 9.67. The molecule has 14 rings (SSSR count). The largest absolute Gasteiger partial charge is 0.310 e. The van der Waals surface area contributed by atoms with Gasteiger partial charge < -0.3 is 9.47 Å². The summed E-state index contributed by atoms with van der Waals surface area (Å²) in [7, 11) is 0. The summed E-state index contributed by atoms with van der Waals surface area (Å²) in [6.45, 7) is 0. The normalized spacial score (nSPS) is 12.8. The number of anilines is 3. The first kappa shape index (κ1) is 39.2. The second kappa shape index (κ2) is 15.6. The molecule has 0 N–H and O–H groups in total. The monoisotopic (exact) mass is 876 g/mol. The molecule has 0 atom stereocenters. The lowest BCUT2D eigenvalue weighted by Gasteiger charge is -2.35. The summed E-state index contributed by atoms with van der Waals surface area (Å²) in [4.78, 5) is 2.45. The van der Waals surface area contributed by atoms with Gasteiger partial charge >= 0.3 is 0 Å². The first-order valence-corrected chi connectivity index (χ1v) is 23.9. The Morgan fingerprint density at radius 1 is 0.333 bits per heavy atom. The summed E-state index contributed by atoms with van der Waals surface area (Å²) in [5.41, 5.74) is 16.4. The molecule has 0 amide bonds. The van der Waals surface area contributed by atoms with Gasteiger partial charge in [-0.05, 0) is 115 Å². The van der Waals surface area contributed by atoms with Crippen molar-refractivity contribution >= 4 is 71.2 Å². The van der Waals surface area contributed by atoms with Crippen LogP contribution in [0, 0.1) is 0 Å². The summed E-state index contributed by atoms with van der Waals surface area (Å²) >= 11 is 0. The van der Waals surface area contributed by atoms with Crippen LogP contribution in [-0.4, -0.2) is 4.57 Å². The molecule has 1 aliphatic carbocycles. The molecule has 0 aliphatic heterocycles. The van der Waals surface area contributed by atoms with Crippen molar-refractivity contribution in [3.8, 4) is 27.9 Å². The van der Waals surface area contributed by atoms with E-state index in [-0.39, 0.29) is 0 Å². The minimum absolute atomic E-state index is 0.509. The molecule has 69 heavy (non-hydrogen) atoms. The fourth-order valence-corrected chi connectivity index (χ4v) is 11.9. The van der Waals surface area contributed by atoms with Gasteiger partial charge in [-0.1, -0.05) is 218 Å². The molecular weight excluding hydrogens is 833 g/mol. The summed E-state index contributed by atoms with van der Waals surface area (Å²) in [6.07, 6.45) is 0. The smallest absolute Gasteiger partial charge is 0.0714 e. The van der Waals surface area contributed by atoms with Gasteiger partial charge in [0.1, 0.15) is 0 Å². The molecule has 2 nitrogen and oxygen atoms in total. The molecule has 1 aliphatic rings. The lowest BCUT2D eigenvalue weighted by Crippen LogP contribution is -2.28. The number of hydrogen-bond acceptors (Lipinski definition) is 1. The molecule has 0 radical (unpaired) electrons. The Balaban J connectivity index is 0.911. The van der Waals surface area contributed by atoms with Crippen LogP contribution in [-0.2, 0) is 5.41 Å². The number of para-hydroxylation sites is 1. The van der Waals surface area contributed by atoms with Crippen molar-refractivity contribution in [2.45, 2.75) is 5.41 Å². The van der Waals surface area contributed by atoms with Crippen LogP contribution >= 0.6 is 0 Å². The van der Waals surface area contributed by atoms with Crippen molar-refractivity contribution in [2.75, 3.05) is 4.90 Å². The third-order valence-electron chi connectivity index (χ3n) is 14.8. The van der Waals surface area contributed by atoms with Gasteiger partial charge in [0.2, 0.25) is 0 Å². The van der Waals surface area contributed by atoms with E-state index in [1.165, 1.54) is 98.6 Å². The van der Waals surface area contributed by atoms with Crippen molar-refractivity contribution in [3.05, 3.63) is 289 Å². The molecule has 0 spiro atoms. The predicted octanol–water partition coefficient (Wildman–Crippen LogP) is 17.7. The molecule has 0 saturated heterocycles. The molecule has 0 saturated carbocycles. The number of hydrogen-bond donors (Lipinski definition) is 0. The highest BCUT2D eigenvalue weighted by atomic mass is 15.1. The Hall–Kier alpha value is -8.98. The van der Waals surface area contributed by atoms with E-state index in [1.54, 1.807) is 0 Å². The zero-order valence-electron chi connectivity index (χ0n) is 37.8. The average molecular weight is 877 g/mol. The van der Waals surface area contributed by atoms with Crippen LogP contribution < -0.4 is 4.90 Å². The zero-order chi connectivity index (χ0) is 45.5. The van der Waals surface area contributed by atoms with E-state index >= 15 is 0 Å². The molecule has 12 aromatic carbocycles. The van der Waals surface area contributed by atoms with Crippen molar-refractivity contribution in [2.24, 2.45) is 0 Å². The molecule has 322 valence electrons. The Morgan fingerprint density at radius 3 is 1.58 bits per heavy atom. The summed E-state index contributed by atoms with van der Waals surface area (Å²) in [5.74, 6) is 0. The quantitative estimate of drug-likeness (QED) is 0.145. The third-order valence-corrected chi connectivity index (χ3v) is 14.8. The standard InChI is InChI=1S/C67H44N2/c1-3-20-48(21-4-1)67(49-22-5-2-6-23-49)61-31-15-13-27-56(61)57-43-42-52(44-62(57)67)68(63-33-17-19-47-18-7-8-24-53(47)63)50-38-34-45(35-39-50)46-36-40-51(41-37-46)69-64-32-16-14-30-60(64)65-58-28-11-9-25-54(58)55-26-10-12-29-59(55)66(65)69/h1-44H. The van der Waals surface area contributed by atoms with Gasteiger partial charge in [-0.2, -0.15) is 0 Å². The fourth-order valence-electron chi connectivity index (χ4n) is 11.9. The summed E-state index contributed by atoms with van der Waals surface area (Å²) in [6, 6.07) is 98.5. The molecule has 1 aromatic heterocycles. The Kier molecular flexibility index (Phi) is 8.84. The van der Waals surface area contributed by atoms with Crippen molar-refractivity contribution in [1.82, 2.24) is 4.57 Å². The maximum atomic E-state index is 2.47. The van der Waals surface area contributed by atoms with Gasteiger partial charge in [0.25, 0.3) is 0 Å². The SMILES string of the molecule is c1ccc(C2(c3ccccc3)c3ccccc3-c3ccc(N(c4ccc(-c5ccc(-n6c7ccccc7c7c8ccccc8c8ccccc8c76)cc5)cc4)c4cccc5ccccc45)cc32)cc1. The number of fused-ring (bicyclic) bond motifs is 12. The van der Waals surface area contributed by atoms with Gasteiger partial charge in [-0.15, -0.1) is 0 Å². The predicted molar refractivity (Wildman–Crippen MR) is 291 cm³/mol. The van der Waals surface area contributed by atoms with E-state index < -0.39 is 5.41 Å². The van der Waals surface area contributed by atoms with E-state index in [9.17, 15) is 0 Å². The van der Waals surface area contributed by atoms with Crippen LogP contribution in [0.4, 0.5) is 17.1 Å². The van der Waals surface area contributed by atoms with Gasteiger partial charge in [-0.3, -0.25) is 0 Å². The van der Waals surface area contributed by atoms with Crippen LogP contribution in [0.1, 0.15) is 22.3 Å². The number of nitrogens with zero attached hydrogens (tertiary/aromatic N) is 2. The fraction of sp³-hybridized carbons (Fsp3) is 0.0149. The maximum Gasteiger partial charge on any atom is 0.0714 e. The molecule has 0 fully saturated rings. The van der Waals surface area contributed by atoms with Crippen LogP contribution in [0.3, 0.4) is 0 Å². The van der Waals surface area contributed by atoms with Gasteiger partial charge in [0.05, 0.1) is 22.1 Å². The summed E-state index contributed by atoms with van der Waals surface area (Å²) < 4.78 is 2.47. The minimum atomic E-state index is -0.509. The van der Waals surface area contributed by atoms with Crippen LogP contribution in [0.2, 0.25) is 0 Å². The molecule has 2 heteroatoms. The number of aromatic nitrogens is 1. The molecule has 0 bridgehead atoms. The van der Waals surface area contributed by atoms with Gasteiger partial charge in [-0.25, -0.2) is 0 Å². The van der Waals surface area contributed by atoms with E-state index in [4.69, 9.17) is 0 Å². The molecule has 1 heterocycles. The Labute approximate surface area is 401 Å². The summed E-state index contributed by atoms with van der Waals surface area (Å²) in [5, 5.41) is 10.1. The highest BCUT2D eigenvalue weighted by Gasteiger charge is 2.46. The first-order valence-electron chi connectivity index (χ1n) is 23.9. The Morgan fingerprint density at radius 2 is 0.855 bits per heavy atom. The highest BCUT2D eigenvalue weighted by molar-refractivity contribution is 6.32. The highest BCUT2D eigenvalue weighted by Crippen LogP contribution is 2.57. The molecule has 0 unspecified atom stereocenters. The lowest BCUT2D eigenvalue weighted by molar-refractivity contribution is 0.768. The topological polar surface area (TPSA) is 8.17 Å². The number of benzene rings is 12. The van der Waals surface area contributed by atoms with E-state index in [2.05, 4.69) is 276 Å². The van der Waals surface area contributed by atoms with Crippen molar-refractivity contribution in [3.63, 3.8) is 0 Å². The zero-order valence-corrected chi connectivity index (χ0v) is 37.8. The second-order valence-corrected chi connectivity index (χ2v) is 18.4. The van der Waals surface area contributed by atoms with Crippen LogP contribution in [0.25, 0.3) is 82.1 Å². The molecular formula is C67H44N2. The average Bonchev–Trinajstić information content (AvgIpc) is 3.93. The van der Waals surface area contributed by atoms with Gasteiger partial charge in [0, 0.05) is 38.6 Å². The van der Waals surface area contributed by atoms with Crippen molar-refractivity contribution in [1.29, 1.82) is 0 Å². The Bertz CT molecular complexity index is 4070. The number of rotatable bonds is 7. The van der Waals surface area contributed by atoms with E-state index in [0.29, 0.717) is 0 Å². The van der Waals surface area contributed by atoms with Gasteiger partial charge in [0.15, 0.2) is 0 Å².